The number of hydrogen-bond acceptors (Lipinski definition) is 1. The van der Waals surface area contributed by atoms with Crippen LogP contribution in [0.25, 0.3) is 0 Å². The lowest BCUT2D eigenvalue weighted by molar-refractivity contribution is 0.0991. The molecule has 0 bridgehead atoms. The summed E-state index contributed by atoms with van der Waals surface area (Å²) in [6.07, 6.45) is 0.554. The van der Waals surface area contributed by atoms with Gasteiger partial charge in [-0.1, -0.05) is 41.4 Å². The zero-order valence-electron chi connectivity index (χ0n) is 10.1. The molecule has 0 N–H and O–H groups in total. The SMILES string of the molecule is Cc1ccc([C@H]2CC(=O)c3ccc(Cl)cc32)cc1. The van der Waals surface area contributed by atoms with Crippen molar-refractivity contribution >= 4 is 17.4 Å². The minimum Gasteiger partial charge on any atom is -0.294 e. The molecule has 0 fully saturated rings. The number of benzene rings is 2. The van der Waals surface area contributed by atoms with Crippen molar-refractivity contribution in [1.29, 1.82) is 0 Å². The molecule has 0 radical (unpaired) electrons. The first-order valence-corrected chi connectivity index (χ1v) is 6.42. The van der Waals surface area contributed by atoms with Gasteiger partial charge in [0, 0.05) is 22.9 Å². The van der Waals surface area contributed by atoms with Gasteiger partial charge in [0.25, 0.3) is 0 Å². The highest BCUT2D eigenvalue weighted by Gasteiger charge is 2.30. The van der Waals surface area contributed by atoms with Crippen molar-refractivity contribution in [2.45, 2.75) is 19.3 Å². The maximum absolute atomic E-state index is 12.0. The Morgan fingerprint density at radius 2 is 1.83 bits per heavy atom. The van der Waals surface area contributed by atoms with Crippen LogP contribution in [0.15, 0.2) is 42.5 Å². The van der Waals surface area contributed by atoms with Crippen LogP contribution in [-0.4, -0.2) is 5.78 Å². The van der Waals surface area contributed by atoms with Gasteiger partial charge in [0.1, 0.15) is 0 Å². The summed E-state index contributed by atoms with van der Waals surface area (Å²) in [6.45, 7) is 2.06. The maximum Gasteiger partial charge on any atom is 0.164 e. The van der Waals surface area contributed by atoms with Crippen LogP contribution >= 0.6 is 11.6 Å². The molecule has 0 saturated carbocycles. The largest absolute Gasteiger partial charge is 0.294 e. The third-order valence-electron chi connectivity index (χ3n) is 3.56. The van der Waals surface area contributed by atoms with Crippen LogP contribution in [0.1, 0.15) is 39.4 Å². The fourth-order valence-corrected chi connectivity index (χ4v) is 2.76. The molecule has 0 aliphatic heterocycles. The van der Waals surface area contributed by atoms with Crippen molar-refractivity contribution in [1.82, 2.24) is 0 Å². The van der Waals surface area contributed by atoms with Crippen molar-refractivity contribution in [3.8, 4) is 0 Å². The average molecular weight is 257 g/mol. The molecule has 0 saturated heterocycles. The van der Waals surface area contributed by atoms with Gasteiger partial charge in [-0.3, -0.25) is 4.79 Å². The van der Waals surface area contributed by atoms with E-state index in [4.69, 9.17) is 11.6 Å². The Kier molecular flexibility index (Phi) is 2.71. The first-order valence-electron chi connectivity index (χ1n) is 6.04. The summed E-state index contributed by atoms with van der Waals surface area (Å²) in [5.41, 5.74) is 4.31. The normalized spacial score (nSPS) is 17.9. The van der Waals surface area contributed by atoms with Crippen LogP contribution in [-0.2, 0) is 0 Å². The Bertz CT molecular complexity index is 613. The van der Waals surface area contributed by atoms with Crippen LogP contribution in [0.5, 0.6) is 0 Å². The molecule has 0 unspecified atom stereocenters. The molecule has 0 amide bonds. The van der Waals surface area contributed by atoms with E-state index in [0.29, 0.717) is 11.4 Å². The van der Waals surface area contributed by atoms with Crippen LogP contribution < -0.4 is 0 Å². The minimum atomic E-state index is 0.159. The van der Waals surface area contributed by atoms with Gasteiger partial charge in [0.15, 0.2) is 5.78 Å². The van der Waals surface area contributed by atoms with Gasteiger partial charge in [0.05, 0.1) is 0 Å². The quantitative estimate of drug-likeness (QED) is 0.741. The first-order chi connectivity index (χ1) is 8.65. The molecule has 90 valence electrons. The molecule has 1 aliphatic carbocycles. The number of rotatable bonds is 1. The predicted octanol–water partition coefficient (Wildman–Crippen LogP) is 4.37. The van der Waals surface area contributed by atoms with Gasteiger partial charge < -0.3 is 0 Å². The lowest BCUT2D eigenvalue weighted by Gasteiger charge is -2.11. The fraction of sp³-hybridized carbons (Fsp3) is 0.188. The number of hydrogen-bond donors (Lipinski definition) is 0. The summed E-state index contributed by atoms with van der Waals surface area (Å²) in [5.74, 6) is 0.374. The third-order valence-corrected chi connectivity index (χ3v) is 3.79. The van der Waals surface area contributed by atoms with Crippen LogP contribution in [0.2, 0.25) is 5.02 Å². The first kappa shape index (κ1) is 11.5. The van der Waals surface area contributed by atoms with E-state index < -0.39 is 0 Å². The molecule has 0 heterocycles. The second-order valence-corrected chi connectivity index (χ2v) is 5.26. The number of aryl methyl sites for hydroxylation is 1. The summed E-state index contributed by atoms with van der Waals surface area (Å²) in [4.78, 5) is 12.0. The number of Topliss-reactive ketones (excluding diaryl/α,β-unsaturated/α-hetero) is 1. The standard InChI is InChI=1S/C16H13ClO/c1-10-2-4-11(5-3-10)14-9-16(18)13-7-6-12(17)8-15(13)14/h2-8,14H,9H2,1H3/t14-/m1/s1. The Morgan fingerprint density at radius 3 is 2.56 bits per heavy atom. The average Bonchev–Trinajstić information content (AvgIpc) is 2.67. The molecule has 2 aromatic carbocycles. The van der Waals surface area contributed by atoms with Gasteiger partial charge >= 0.3 is 0 Å². The number of ketones is 1. The summed E-state index contributed by atoms with van der Waals surface area (Å²) in [7, 11) is 0. The molecule has 1 nitrogen and oxygen atoms in total. The smallest absolute Gasteiger partial charge is 0.164 e. The van der Waals surface area contributed by atoms with Gasteiger partial charge in [-0.15, -0.1) is 0 Å². The molecule has 1 atom stereocenters. The molecule has 3 rings (SSSR count). The summed E-state index contributed by atoms with van der Waals surface area (Å²) in [6, 6.07) is 13.9. The molecule has 0 spiro atoms. The van der Waals surface area contributed by atoms with Crippen molar-refractivity contribution < 1.29 is 4.79 Å². The highest BCUT2D eigenvalue weighted by Crippen LogP contribution is 2.39. The Labute approximate surface area is 111 Å². The van der Waals surface area contributed by atoms with Crippen molar-refractivity contribution in [3.63, 3.8) is 0 Å². The summed E-state index contributed by atoms with van der Waals surface area (Å²) in [5, 5.41) is 0.695. The van der Waals surface area contributed by atoms with Crippen LogP contribution in [0.4, 0.5) is 0 Å². The van der Waals surface area contributed by atoms with E-state index in [-0.39, 0.29) is 11.7 Å². The van der Waals surface area contributed by atoms with Crippen molar-refractivity contribution in [2.75, 3.05) is 0 Å². The second-order valence-electron chi connectivity index (χ2n) is 4.82. The summed E-state index contributed by atoms with van der Waals surface area (Å²) >= 11 is 6.04. The maximum atomic E-state index is 12.0. The Hall–Kier alpha value is -1.60. The number of fused-ring (bicyclic) bond motifs is 1. The molecule has 2 heteroatoms. The zero-order valence-corrected chi connectivity index (χ0v) is 10.9. The molecular formula is C16H13ClO. The van der Waals surface area contributed by atoms with E-state index in [1.54, 1.807) is 6.07 Å². The van der Waals surface area contributed by atoms with E-state index in [1.807, 2.05) is 12.1 Å². The predicted molar refractivity (Wildman–Crippen MR) is 73.4 cm³/mol. The highest BCUT2D eigenvalue weighted by molar-refractivity contribution is 6.30. The lowest BCUT2D eigenvalue weighted by Crippen LogP contribution is -1.96. The lowest BCUT2D eigenvalue weighted by atomic mass is 9.92. The van der Waals surface area contributed by atoms with Crippen molar-refractivity contribution in [2.24, 2.45) is 0 Å². The topological polar surface area (TPSA) is 17.1 Å². The molecule has 2 aromatic rings. The monoisotopic (exact) mass is 256 g/mol. The van der Waals surface area contributed by atoms with Crippen LogP contribution in [0, 0.1) is 6.92 Å². The highest BCUT2D eigenvalue weighted by atomic mass is 35.5. The van der Waals surface area contributed by atoms with Crippen LogP contribution in [0.3, 0.4) is 0 Å². The minimum absolute atomic E-state index is 0.159. The number of carbonyl (C=O) groups excluding carboxylic acids is 1. The summed E-state index contributed by atoms with van der Waals surface area (Å²) < 4.78 is 0. The van der Waals surface area contributed by atoms with E-state index >= 15 is 0 Å². The van der Waals surface area contributed by atoms with E-state index in [0.717, 1.165) is 11.1 Å². The fourth-order valence-electron chi connectivity index (χ4n) is 2.58. The zero-order chi connectivity index (χ0) is 12.7. The molecular weight excluding hydrogens is 244 g/mol. The molecule has 1 aliphatic rings. The van der Waals surface area contributed by atoms with E-state index in [9.17, 15) is 4.79 Å². The number of carbonyl (C=O) groups is 1. The van der Waals surface area contributed by atoms with E-state index in [2.05, 4.69) is 31.2 Å². The van der Waals surface area contributed by atoms with Gasteiger partial charge in [-0.25, -0.2) is 0 Å². The van der Waals surface area contributed by atoms with Gasteiger partial charge in [-0.05, 0) is 36.2 Å². The molecule has 0 aromatic heterocycles. The second kappa shape index (κ2) is 4.25. The Morgan fingerprint density at radius 1 is 1.11 bits per heavy atom. The third kappa shape index (κ3) is 1.85. The molecule has 18 heavy (non-hydrogen) atoms. The van der Waals surface area contributed by atoms with Crippen molar-refractivity contribution in [3.05, 3.63) is 69.7 Å². The van der Waals surface area contributed by atoms with Gasteiger partial charge in [-0.2, -0.15) is 0 Å². The van der Waals surface area contributed by atoms with Gasteiger partial charge in [0.2, 0.25) is 0 Å². The number of halogens is 1. The van der Waals surface area contributed by atoms with E-state index in [1.165, 1.54) is 11.1 Å². The Balaban J connectivity index is 2.09.